The second kappa shape index (κ2) is 7.22. The molecule has 2 N–H and O–H groups in total. The number of ether oxygens (including phenoxy) is 1. The van der Waals surface area contributed by atoms with Gasteiger partial charge in [0.25, 0.3) is 0 Å². The van der Waals surface area contributed by atoms with Crippen LogP contribution >= 0.6 is 0 Å². The van der Waals surface area contributed by atoms with E-state index in [1.165, 1.54) is 12.1 Å². The summed E-state index contributed by atoms with van der Waals surface area (Å²) in [7, 11) is 0. The maximum atomic E-state index is 12.0. The molecule has 5 heteroatoms. The van der Waals surface area contributed by atoms with Crippen LogP contribution in [0.15, 0.2) is 24.3 Å². The normalized spacial score (nSPS) is 17.2. The molecule has 1 atom stereocenters. The second-order valence-electron chi connectivity index (χ2n) is 5.48. The van der Waals surface area contributed by atoms with Crippen molar-refractivity contribution in [2.24, 2.45) is 5.92 Å². The van der Waals surface area contributed by atoms with E-state index in [0.29, 0.717) is 5.92 Å². The summed E-state index contributed by atoms with van der Waals surface area (Å²) in [6.07, 6.45) is 2.23. The van der Waals surface area contributed by atoms with Gasteiger partial charge in [-0.15, -0.1) is 0 Å². The fourth-order valence-corrected chi connectivity index (χ4v) is 2.59. The van der Waals surface area contributed by atoms with E-state index in [0.717, 1.165) is 31.6 Å². The number of amides is 1. The zero-order valence-electron chi connectivity index (χ0n) is 12.2. The monoisotopic (exact) mass is 291 g/mol. The van der Waals surface area contributed by atoms with Gasteiger partial charge in [0.05, 0.1) is 12.0 Å². The maximum Gasteiger partial charge on any atom is 0.335 e. The third kappa shape index (κ3) is 4.56. The number of nitrogens with one attached hydrogen (secondary N) is 1. The second-order valence-corrected chi connectivity index (χ2v) is 5.48. The third-order valence-corrected chi connectivity index (χ3v) is 3.93. The highest BCUT2D eigenvalue weighted by Crippen LogP contribution is 2.18. The lowest BCUT2D eigenvalue weighted by molar-refractivity contribution is -0.121. The molecule has 1 aromatic rings. The molecule has 0 aliphatic carbocycles. The van der Waals surface area contributed by atoms with Crippen LogP contribution in [0.5, 0.6) is 0 Å². The first-order valence-corrected chi connectivity index (χ1v) is 7.25. The number of rotatable bonds is 5. The van der Waals surface area contributed by atoms with Crippen molar-refractivity contribution in [1.29, 1.82) is 0 Å². The molecule has 5 nitrogen and oxygen atoms in total. The highest BCUT2D eigenvalue weighted by Gasteiger charge is 2.21. The Bertz CT molecular complexity index is 492. The zero-order chi connectivity index (χ0) is 15.2. The fraction of sp³-hybridized carbons (Fsp3) is 0.500. The Morgan fingerprint density at radius 3 is 2.48 bits per heavy atom. The molecule has 1 saturated heterocycles. The van der Waals surface area contributed by atoms with E-state index in [4.69, 9.17) is 9.84 Å². The molecule has 1 unspecified atom stereocenters. The van der Waals surface area contributed by atoms with E-state index in [1.54, 1.807) is 12.1 Å². The number of hydrogen-bond acceptors (Lipinski definition) is 3. The van der Waals surface area contributed by atoms with Crippen molar-refractivity contribution in [2.75, 3.05) is 13.2 Å². The summed E-state index contributed by atoms with van der Waals surface area (Å²) in [5.41, 5.74) is 1.05. The number of carbonyl (C=O) groups excluding carboxylic acids is 1. The lowest BCUT2D eigenvalue weighted by Gasteiger charge is -2.28. The van der Waals surface area contributed by atoms with Gasteiger partial charge in [-0.2, -0.15) is 0 Å². The number of benzene rings is 1. The summed E-state index contributed by atoms with van der Waals surface area (Å²) >= 11 is 0. The van der Waals surface area contributed by atoms with Crippen LogP contribution in [0.1, 0.15) is 35.7 Å². The van der Waals surface area contributed by atoms with Crippen molar-refractivity contribution < 1.29 is 19.4 Å². The standard InChI is InChI=1S/C16H21NO4/c1-11(13-6-8-21-9-7-13)17-15(18)10-12-2-4-14(5-3-12)16(19)20/h2-5,11,13H,6-10H2,1H3,(H,17,18)(H,19,20). The van der Waals surface area contributed by atoms with E-state index in [1.807, 2.05) is 6.92 Å². The largest absolute Gasteiger partial charge is 0.478 e. The molecule has 1 aliphatic rings. The van der Waals surface area contributed by atoms with Gasteiger partial charge in [0.15, 0.2) is 0 Å². The Balaban J connectivity index is 1.84. The van der Waals surface area contributed by atoms with Crippen molar-refractivity contribution in [3.8, 4) is 0 Å². The molecule has 1 fully saturated rings. The zero-order valence-corrected chi connectivity index (χ0v) is 12.2. The summed E-state index contributed by atoms with van der Waals surface area (Å²) < 4.78 is 5.32. The molecule has 0 aromatic heterocycles. The topological polar surface area (TPSA) is 75.6 Å². The molecule has 0 spiro atoms. The predicted molar refractivity (Wildman–Crippen MR) is 78.3 cm³/mol. The van der Waals surface area contributed by atoms with Crippen LogP contribution in [0.2, 0.25) is 0 Å². The fourth-order valence-electron chi connectivity index (χ4n) is 2.59. The minimum absolute atomic E-state index is 0.0305. The van der Waals surface area contributed by atoms with Crippen LogP contribution < -0.4 is 5.32 Å². The van der Waals surface area contributed by atoms with Crippen molar-refractivity contribution in [1.82, 2.24) is 5.32 Å². The summed E-state index contributed by atoms with van der Waals surface area (Å²) in [6.45, 7) is 3.56. The van der Waals surface area contributed by atoms with Gasteiger partial charge in [-0.25, -0.2) is 4.79 Å². The molecule has 2 rings (SSSR count). The summed E-state index contributed by atoms with van der Waals surface area (Å²) in [4.78, 5) is 22.8. The van der Waals surface area contributed by atoms with Crippen LogP contribution in [0.4, 0.5) is 0 Å². The molecule has 0 bridgehead atoms. The van der Waals surface area contributed by atoms with Gasteiger partial charge in [0.1, 0.15) is 0 Å². The van der Waals surface area contributed by atoms with Gasteiger partial charge >= 0.3 is 5.97 Å². The molecule has 114 valence electrons. The Kier molecular flexibility index (Phi) is 5.33. The predicted octanol–water partition coefficient (Wildman–Crippen LogP) is 1.86. The molecular formula is C16H21NO4. The average Bonchev–Trinajstić information content (AvgIpc) is 2.48. The molecule has 1 aliphatic heterocycles. The summed E-state index contributed by atoms with van der Waals surface area (Å²) in [5, 5.41) is 11.9. The van der Waals surface area contributed by atoms with Gasteiger partial charge in [0, 0.05) is 19.3 Å². The van der Waals surface area contributed by atoms with Crippen LogP contribution in [0.25, 0.3) is 0 Å². The maximum absolute atomic E-state index is 12.0. The van der Waals surface area contributed by atoms with Crippen LogP contribution in [-0.4, -0.2) is 36.2 Å². The minimum atomic E-state index is -0.959. The van der Waals surface area contributed by atoms with E-state index < -0.39 is 5.97 Å². The highest BCUT2D eigenvalue weighted by atomic mass is 16.5. The molecule has 1 aromatic carbocycles. The smallest absolute Gasteiger partial charge is 0.335 e. The van der Waals surface area contributed by atoms with E-state index in [9.17, 15) is 9.59 Å². The number of hydrogen-bond donors (Lipinski definition) is 2. The summed E-state index contributed by atoms with van der Waals surface area (Å²) in [6, 6.07) is 6.55. The van der Waals surface area contributed by atoms with Gasteiger partial charge in [0.2, 0.25) is 5.91 Å². The average molecular weight is 291 g/mol. The molecule has 1 amide bonds. The van der Waals surface area contributed by atoms with E-state index >= 15 is 0 Å². The van der Waals surface area contributed by atoms with Crippen molar-refractivity contribution >= 4 is 11.9 Å². The van der Waals surface area contributed by atoms with Crippen LogP contribution in [-0.2, 0) is 16.0 Å². The van der Waals surface area contributed by atoms with Gasteiger partial charge in [-0.1, -0.05) is 12.1 Å². The van der Waals surface area contributed by atoms with Gasteiger partial charge in [-0.3, -0.25) is 4.79 Å². The lowest BCUT2D eigenvalue weighted by Crippen LogP contribution is -2.40. The number of aromatic carboxylic acids is 1. The van der Waals surface area contributed by atoms with E-state index in [-0.39, 0.29) is 23.9 Å². The van der Waals surface area contributed by atoms with Crippen molar-refractivity contribution in [3.05, 3.63) is 35.4 Å². The van der Waals surface area contributed by atoms with Crippen LogP contribution in [0, 0.1) is 5.92 Å². The third-order valence-electron chi connectivity index (χ3n) is 3.93. The SMILES string of the molecule is CC(NC(=O)Cc1ccc(C(=O)O)cc1)C1CCOCC1. The Hall–Kier alpha value is -1.88. The Morgan fingerprint density at radius 1 is 1.29 bits per heavy atom. The van der Waals surface area contributed by atoms with Crippen molar-refractivity contribution in [3.63, 3.8) is 0 Å². The number of carbonyl (C=O) groups is 2. The molecule has 21 heavy (non-hydrogen) atoms. The molecule has 0 radical (unpaired) electrons. The van der Waals surface area contributed by atoms with E-state index in [2.05, 4.69) is 5.32 Å². The Morgan fingerprint density at radius 2 is 1.90 bits per heavy atom. The van der Waals surface area contributed by atoms with Crippen molar-refractivity contribution in [2.45, 2.75) is 32.2 Å². The van der Waals surface area contributed by atoms with Gasteiger partial charge in [-0.05, 0) is 43.4 Å². The minimum Gasteiger partial charge on any atom is -0.478 e. The number of carboxylic acids is 1. The highest BCUT2D eigenvalue weighted by molar-refractivity contribution is 5.87. The first kappa shape index (κ1) is 15.5. The Labute approximate surface area is 124 Å². The molecule has 0 saturated carbocycles. The molecular weight excluding hydrogens is 270 g/mol. The molecule has 1 heterocycles. The summed E-state index contributed by atoms with van der Waals surface area (Å²) in [5.74, 6) is -0.520. The number of carboxylic acid groups (broad SMARTS) is 1. The van der Waals surface area contributed by atoms with Crippen LogP contribution in [0.3, 0.4) is 0 Å². The first-order chi connectivity index (χ1) is 10.1. The quantitative estimate of drug-likeness (QED) is 0.868. The first-order valence-electron chi connectivity index (χ1n) is 7.25. The lowest BCUT2D eigenvalue weighted by atomic mass is 9.93. The van der Waals surface area contributed by atoms with Gasteiger partial charge < -0.3 is 15.2 Å².